The Labute approximate surface area is 153 Å². The van der Waals surface area contributed by atoms with Crippen molar-refractivity contribution >= 4 is 43.1 Å². The summed E-state index contributed by atoms with van der Waals surface area (Å²) in [6, 6.07) is 0. The van der Waals surface area contributed by atoms with Crippen molar-refractivity contribution in [2.45, 2.75) is 27.5 Å². The third-order valence-electron chi connectivity index (χ3n) is 3.11. The molecule has 0 bridgehead atoms. The number of aromatic carboxylic acids is 1. The Morgan fingerprint density at radius 3 is 2.50 bits per heavy atom. The fourth-order valence-corrected chi connectivity index (χ4v) is 2.76. The Morgan fingerprint density at radius 1 is 1.33 bits per heavy atom. The SMILES string of the molecule is CC.Cc1nc2c(nc1Br)c(C(=O)O)cn2COCCS(C)(C)C. The second-order valence-electron chi connectivity index (χ2n) is 5.92. The van der Waals surface area contributed by atoms with Gasteiger partial charge in [0.2, 0.25) is 0 Å². The Balaban J connectivity index is 0.00000139. The van der Waals surface area contributed by atoms with Gasteiger partial charge in [-0.15, -0.1) is 0 Å². The van der Waals surface area contributed by atoms with E-state index in [0.717, 1.165) is 5.75 Å². The average molecular weight is 420 g/mol. The number of hydrogen-bond donors (Lipinski definition) is 1. The fourth-order valence-electron chi connectivity index (χ4n) is 1.87. The summed E-state index contributed by atoms with van der Waals surface area (Å²) in [7, 11) is -0.604. The second kappa shape index (κ2) is 8.82. The number of halogens is 1. The van der Waals surface area contributed by atoms with Crippen LogP contribution in [0.1, 0.15) is 29.9 Å². The summed E-state index contributed by atoms with van der Waals surface area (Å²) in [4.78, 5) is 20.1. The van der Waals surface area contributed by atoms with Crippen LogP contribution in [-0.4, -0.2) is 56.7 Å². The van der Waals surface area contributed by atoms with E-state index in [1.165, 1.54) is 6.20 Å². The van der Waals surface area contributed by atoms with Gasteiger partial charge in [-0.1, -0.05) is 13.8 Å². The van der Waals surface area contributed by atoms with Gasteiger partial charge in [-0.3, -0.25) is 0 Å². The lowest BCUT2D eigenvalue weighted by molar-refractivity contribution is 0.0696. The first-order valence-corrected chi connectivity index (χ1v) is 11.5. The van der Waals surface area contributed by atoms with Gasteiger partial charge in [0.15, 0.2) is 5.65 Å². The molecule has 0 aliphatic heterocycles. The maximum Gasteiger partial charge on any atom is 0.339 e. The molecule has 0 aliphatic rings. The van der Waals surface area contributed by atoms with E-state index in [9.17, 15) is 9.90 Å². The number of carbonyl (C=O) groups is 1. The number of hydrogen-bond acceptors (Lipinski definition) is 4. The standard InChI is InChI=1S/C14H20BrN3O3S.C2H6/c1-9-12(15)17-11-10(14(19)20)7-18(13(11)16-9)8-21-5-6-22(2,3)4;1-2/h7H,5-6,8H2,1-4H3,(H,19,20);1-2H3. The van der Waals surface area contributed by atoms with Crippen molar-refractivity contribution in [2.75, 3.05) is 31.1 Å². The topological polar surface area (TPSA) is 77.2 Å². The highest BCUT2D eigenvalue weighted by Crippen LogP contribution is 2.33. The minimum absolute atomic E-state index is 0.133. The zero-order valence-electron chi connectivity index (χ0n) is 15.1. The van der Waals surface area contributed by atoms with Gasteiger partial charge in [-0.05, 0) is 41.6 Å². The monoisotopic (exact) mass is 419 g/mol. The van der Waals surface area contributed by atoms with Gasteiger partial charge in [-0.2, -0.15) is 0 Å². The molecule has 2 aromatic heterocycles. The highest BCUT2D eigenvalue weighted by Gasteiger charge is 2.18. The fraction of sp³-hybridized carbons (Fsp3) is 0.562. The van der Waals surface area contributed by atoms with E-state index in [4.69, 9.17) is 4.74 Å². The zero-order chi connectivity index (χ0) is 18.5. The number of aryl methyl sites for hydroxylation is 1. The molecule has 24 heavy (non-hydrogen) atoms. The molecule has 2 aromatic rings. The normalized spacial score (nSPS) is 12.0. The van der Waals surface area contributed by atoms with Gasteiger partial charge in [0, 0.05) is 11.9 Å². The molecule has 2 rings (SSSR count). The summed E-state index contributed by atoms with van der Waals surface area (Å²) >= 11 is 3.29. The number of nitrogens with zero attached hydrogens (tertiary/aromatic N) is 3. The molecule has 0 unspecified atom stereocenters. The number of aromatic nitrogens is 3. The second-order valence-corrected chi connectivity index (χ2v) is 11.3. The molecule has 0 amide bonds. The Kier molecular flexibility index (Phi) is 7.69. The quantitative estimate of drug-likeness (QED) is 0.718. The van der Waals surface area contributed by atoms with Crippen LogP contribution in [0.25, 0.3) is 11.2 Å². The molecule has 1 N–H and O–H groups in total. The first-order valence-electron chi connectivity index (χ1n) is 7.69. The molecule has 8 heteroatoms. The lowest BCUT2D eigenvalue weighted by Gasteiger charge is -2.24. The zero-order valence-corrected chi connectivity index (χ0v) is 17.5. The molecule has 2 heterocycles. The maximum atomic E-state index is 11.4. The van der Waals surface area contributed by atoms with Crippen molar-refractivity contribution in [2.24, 2.45) is 0 Å². The molecule has 0 radical (unpaired) electrons. The lowest BCUT2D eigenvalue weighted by atomic mass is 10.3. The third kappa shape index (κ3) is 5.46. The van der Waals surface area contributed by atoms with Gasteiger partial charge in [0.25, 0.3) is 0 Å². The largest absolute Gasteiger partial charge is 0.478 e. The molecule has 0 spiro atoms. The molecular formula is C16H26BrN3O3S. The first kappa shape index (κ1) is 20.9. The molecular weight excluding hydrogens is 394 g/mol. The summed E-state index contributed by atoms with van der Waals surface area (Å²) in [5, 5.41) is 9.30. The van der Waals surface area contributed by atoms with E-state index in [-0.39, 0.29) is 12.3 Å². The summed E-state index contributed by atoms with van der Waals surface area (Å²) in [5.74, 6) is -0.0122. The van der Waals surface area contributed by atoms with Crippen LogP contribution in [0.3, 0.4) is 0 Å². The van der Waals surface area contributed by atoms with Crippen molar-refractivity contribution in [3.05, 3.63) is 22.1 Å². The van der Waals surface area contributed by atoms with Crippen molar-refractivity contribution in [3.63, 3.8) is 0 Å². The molecule has 0 saturated heterocycles. The van der Waals surface area contributed by atoms with Crippen molar-refractivity contribution in [3.8, 4) is 0 Å². The molecule has 0 atom stereocenters. The van der Waals surface area contributed by atoms with Crippen molar-refractivity contribution < 1.29 is 14.6 Å². The molecule has 0 fully saturated rings. The molecule has 0 aliphatic carbocycles. The van der Waals surface area contributed by atoms with Gasteiger partial charge in [0.05, 0.1) is 12.3 Å². The minimum Gasteiger partial charge on any atom is -0.478 e. The number of carboxylic acids is 1. The van der Waals surface area contributed by atoms with E-state index in [0.29, 0.717) is 28.1 Å². The van der Waals surface area contributed by atoms with Crippen molar-refractivity contribution in [1.82, 2.24) is 14.5 Å². The van der Waals surface area contributed by atoms with E-state index >= 15 is 0 Å². The number of ether oxygens (including phenoxy) is 1. The lowest BCUT2D eigenvalue weighted by Crippen LogP contribution is -2.10. The van der Waals surface area contributed by atoms with E-state index < -0.39 is 16.0 Å². The van der Waals surface area contributed by atoms with Gasteiger partial charge in [0.1, 0.15) is 22.4 Å². The highest BCUT2D eigenvalue weighted by atomic mass is 79.9. The van der Waals surface area contributed by atoms with Crippen LogP contribution < -0.4 is 0 Å². The van der Waals surface area contributed by atoms with Gasteiger partial charge >= 0.3 is 5.97 Å². The van der Waals surface area contributed by atoms with E-state index in [1.54, 1.807) is 4.57 Å². The van der Waals surface area contributed by atoms with Gasteiger partial charge in [-0.25, -0.2) is 24.8 Å². The predicted octanol–water partition coefficient (Wildman–Crippen LogP) is 3.89. The maximum absolute atomic E-state index is 11.4. The smallest absolute Gasteiger partial charge is 0.339 e. The predicted molar refractivity (Wildman–Crippen MR) is 104 cm³/mol. The summed E-state index contributed by atoms with van der Waals surface area (Å²) < 4.78 is 7.93. The first-order chi connectivity index (χ1) is 11.2. The minimum atomic E-state index is -1.02. The molecule has 0 saturated carbocycles. The third-order valence-corrected chi connectivity index (χ3v) is 5.25. The molecule has 0 aromatic carbocycles. The van der Waals surface area contributed by atoms with E-state index in [2.05, 4.69) is 44.7 Å². The molecule has 136 valence electrons. The van der Waals surface area contributed by atoms with Crippen LogP contribution >= 0.6 is 26.0 Å². The van der Waals surface area contributed by atoms with Crippen LogP contribution in [0.15, 0.2) is 10.8 Å². The van der Waals surface area contributed by atoms with E-state index in [1.807, 2.05) is 20.8 Å². The van der Waals surface area contributed by atoms with Crippen LogP contribution in [-0.2, 0) is 11.5 Å². The van der Waals surface area contributed by atoms with Crippen LogP contribution in [0.5, 0.6) is 0 Å². The summed E-state index contributed by atoms with van der Waals surface area (Å²) in [5.41, 5.74) is 1.74. The van der Waals surface area contributed by atoms with Crippen molar-refractivity contribution in [1.29, 1.82) is 0 Å². The average Bonchev–Trinajstić information content (AvgIpc) is 2.83. The Bertz CT molecular complexity index is 711. The number of fused-ring (bicyclic) bond motifs is 1. The van der Waals surface area contributed by atoms with Crippen LogP contribution in [0.4, 0.5) is 0 Å². The number of rotatable bonds is 6. The van der Waals surface area contributed by atoms with Crippen LogP contribution in [0, 0.1) is 6.92 Å². The van der Waals surface area contributed by atoms with Crippen LogP contribution in [0.2, 0.25) is 0 Å². The molecule has 6 nitrogen and oxygen atoms in total. The number of carboxylic acid groups (broad SMARTS) is 1. The highest BCUT2D eigenvalue weighted by molar-refractivity contribution is 9.10. The summed E-state index contributed by atoms with van der Waals surface area (Å²) in [6.45, 7) is 6.73. The van der Waals surface area contributed by atoms with Gasteiger partial charge < -0.3 is 14.4 Å². The summed E-state index contributed by atoms with van der Waals surface area (Å²) in [6.07, 6.45) is 8.23. The Morgan fingerprint density at radius 2 is 1.96 bits per heavy atom. The Hall–Kier alpha value is -1.12.